The maximum absolute atomic E-state index is 6.40. The SMILES string of the molecule is CNCCC(NC)OB(c1ccc(C)c(Cl)c1)c1ccc(C)c(Cl)c1. The summed E-state index contributed by atoms with van der Waals surface area (Å²) in [6.45, 7) is 4.61. The molecule has 0 radical (unpaired) electrons. The van der Waals surface area contributed by atoms with Crippen molar-refractivity contribution in [2.45, 2.75) is 26.5 Å². The zero-order chi connectivity index (χ0) is 18.4. The highest BCUT2D eigenvalue weighted by molar-refractivity contribution is 6.80. The second-order valence-corrected chi connectivity index (χ2v) is 7.02. The Hall–Kier alpha value is -1.04. The number of hydrogen-bond acceptors (Lipinski definition) is 3. The molecule has 0 saturated carbocycles. The van der Waals surface area contributed by atoms with Gasteiger partial charge in [-0.05, 0) is 75.1 Å². The predicted octanol–water partition coefficient (Wildman–Crippen LogP) is 2.89. The largest absolute Gasteiger partial charge is 0.411 e. The minimum Gasteiger partial charge on any atom is -0.411 e. The first-order valence-corrected chi connectivity index (χ1v) is 9.21. The molecule has 2 N–H and O–H groups in total. The van der Waals surface area contributed by atoms with E-state index in [0.717, 1.165) is 45.1 Å². The van der Waals surface area contributed by atoms with Crippen LogP contribution in [0.15, 0.2) is 36.4 Å². The Morgan fingerprint density at radius 2 is 1.48 bits per heavy atom. The van der Waals surface area contributed by atoms with Crippen LogP contribution in [-0.4, -0.2) is 33.8 Å². The van der Waals surface area contributed by atoms with Crippen LogP contribution in [-0.2, 0) is 4.65 Å². The van der Waals surface area contributed by atoms with Gasteiger partial charge in [0.15, 0.2) is 0 Å². The third-order valence-electron chi connectivity index (χ3n) is 4.28. The van der Waals surface area contributed by atoms with Gasteiger partial charge in [-0.2, -0.15) is 0 Å². The molecular formula is C19H25BCl2N2O. The Kier molecular flexibility index (Phi) is 7.79. The molecule has 0 saturated heterocycles. The summed E-state index contributed by atoms with van der Waals surface area (Å²) in [7, 11) is 3.84. The average Bonchev–Trinajstić information content (AvgIpc) is 2.60. The number of rotatable bonds is 8. The van der Waals surface area contributed by atoms with Crippen LogP contribution >= 0.6 is 23.2 Å². The Labute approximate surface area is 161 Å². The van der Waals surface area contributed by atoms with E-state index in [1.807, 2.05) is 52.2 Å². The summed E-state index contributed by atoms with van der Waals surface area (Å²) in [5, 5.41) is 7.86. The first-order valence-electron chi connectivity index (χ1n) is 8.45. The van der Waals surface area contributed by atoms with E-state index in [1.165, 1.54) is 0 Å². The fraction of sp³-hybridized carbons (Fsp3) is 0.368. The van der Waals surface area contributed by atoms with E-state index >= 15 is 0 Å². The molecule has 0 fully saturated rings. The third kappa shape index (κ3) is 5.47. The molecule has 25 heavy (non-hydrogen) atoms. The van der Waals surface area contributed by atoms with Gasteiger partial charge in [0.05, 0.1) is 6.23 Å². The lowest BCUT2D eigenvalue weighted by Crippen LogP contribution is -2.50. The van der Waals surface area contributed by atoms with Crippen LogP contribution < -0.4 is 21.6 Å². The van der Waals surface area contributed by atoms with Crippen molar-refractivity contribution < 1.29 is 4.65 Å². The van der Waals surface area contributed by atoms with Crippen LogP contribution in [0.3, 0.4) is 0 Å². The number of benzene rings is 2. The first kappa shape index (κ1) is 20.3. The molecule has 0 aliphatic heterocycles. The molecular weight excluding hydrogens is 354 g/mol. The zero-order valence-electron chi connectivity index (χ0n) is 15.2. The van der Waals surface area contributed by atoms with Gasteiger partial charge in [-0.3, -0.25) is 5.32 Å². The van der Waals surface area contributed by atoms with Crippen LogP contribution in [0.25, 0.3) is 0 Å². The van der Waals surface area contributed by atoms with Gasteiger partial charge in [-0.25, -0.2) is 0 Å². The summed E-state index contributed by atoms with van der Waals surface area (Å²) >= 11 is 12.7. The Balaban J connectivity index is 2.39. The van der Waals surface area contributed by atoms with Crippen LogP contribution in [0.5, 0.6) is 0 Å². The van der Waals surface area contributed by atoms with E-state index in [9.17, 15) is 0 Å². The van der Waals surface area contributed by atoms with Gasteiger partial charge < -0.3 is 9.97 Å². The maximum Gasteiger partial charge on any atom is 0.362 e. The van der Waals surface area contributed by atoms with Crippen LogP contribution in [0, 0.1) is 13.8 Å². The van der Waals surface area contributed by atoms with E-state index in [4.69, 9.17) is 27.9 Å². The molecule has 2 aromatic rings. The minimum atomic E-state index is -0.245. The molecule has 134 valence electrons. The predicted molar refractivity (Wildman–Crippen MR) is 110 cm³/mol. The molecule has 0 aliphatic rings. The Morgan fingerprint density at radius 1 is 0.960 bits per heavy atom. The van der Waals surface area contributed by atoms with Crippen LogP contribution in [0.4, 0.5) is 0 Å². The van der Waals surface area contributed by atoms with Crippen molar-refractivity contribution in [2.24, 2.45) is 0 Å². The normalized spacial score (nSPS) is 12.2. The molecule has 1 unspecified atom stereocenters. The van der Waals surface area contributed by atoms with Gasteiger partial charge in [-0.15, -0.1) is 0 Å². The number of aryl methyl sites for hydroxylation is 2. The summed E-state index contributed by atoms with van der Waals surface area (Å²) in [6.07, 6.45) is 0.764. The van der Waals surface area contributed by atoms with Crippen molar-refractivity contribution in [3.63, 3.8) is 0 Å². The molecule has 0 aliphatic carbocycles. The highest BCUT2D eigenvalue weighted by atomic mass is 35.5. The number of halogens is 2. The molecule has 1 atom stereocenters. The summed E-state index contributed by atoms with van der Waals surface area (Å²) in [5.74, 6) is 0. The van der Waals surface area contributed by atoms with E-state index in [1.54, 1.807) is 0 Å². The zero-order valence-corrected chi connectivity index (χ0v) is 16.7. The lowest BCUT2D eigenvalue weighted by atomic mass is 9.55. The molecule has 0 heterocycles. The summed E-state index contributed by atoms with van der Waals surface area (Å²) in [5.41, 5.74) is 4.12. The minimum absolute atomic E-state index is 0.0855. The topological polar surface area (TPSA) is 33.3 Å². The van der Waals surface area contributed by atoms with Crippen molar-refractivity contribution in [1.82, 2.24) is 10.6 Å². The molecule has 3 nitrogen and oxygen atoms in total. The van der Waals surface area contributed by atoms with E-state index in [0.29, 0.717) is 0 Å². The molecule has 0 bridgehead atoms. The third-order valence-corrected chi connectivity index (χ3v) is 5.09. The highest BCUT2D eigenvalue weighted by Gasteiger charge is 2.26. The molecule has 2 aromatic carbocycles. The second-order valence-electron chi connectivity index (χ2n) is 6.20. The monoisotopic (exact) mass is 378 g/mol. The Bertz CT molecular complexity index is 660. The molecule has 0 aromatic heterocycles. The van der Waals surface area contributed by atoms with Crippen LogP contribution in [0.2, 0.25) is 10.0 Å². The van der Waals surface area contributed by atoms with E-state index in [2.05, 4.69) is 22.8 Å². The van der Waals surface area contributed by atoms with Crippen molar-refractivity contribution in [3.8, 4) is 0 Å². The second kappa shape index (κ2) is 9.60. The molecule has 0 spiro atoms. The number of nitrogens with one attached hydrogen (secondary N) is 2. The van der Waals surface area contributed by atoms with Gasteiger partial charge in [0.25, 0.3) is 0 Å². The van der Waals surface area contributed by atoms with Gasteiger partial charge in [0.2, 0.25) is 0 Å². The lowest BCUT2D eigenvalue weighted by Gasteiger charge is -2.24. The first-order chi connectivity index (χ1) is 12.0. The van der Waals surface area contributed by atoms with Gasteiger partial charge in [0.1, 0.15) is 0 Å². The van der Waals surface area contributed by atoms with Gasteiger partial charge in [0, 0.05) is 10.0 Å². The van der Waals surface area contributed by atoms with Crippen molar-refractivity contribution in [2.75, 3.05) is 20.6 Å². The molecule has 6 heteroatoms. The fourth-order valence-electron chi connectivity index (χ4n) is 2.61. The van der Waals surface area contributed by atoms with Crippen molar-refractivity contribution in [1.29, 1.82) is 0 Å². The fourth-order valence-corrected chi connectivity index (χ4v) is 2.99. The average molecular weight is 379 g/mol. The maximum atomic E-state index is 6.40. The van der Waals surface area contributed by atoms with Crippen molar-refractivity contribution in [3.05, 3.63) is 57.6 Å². The molecule has 0 amide bonds. The highest BCUT2D eigenvalue weighted by Crippen LogP contribution is 2.15. The summed E-state index contributed by atoms with van der Waals surface area (Å²) < 4.78 is 6.40. The number of hydrogen-bond donors (Lipinski definition) is 2. The van der Waals surface area contributed by atoms with Gasteiger partial charge in [-0.1, -0.05) is 47.5 Å². The quantitative estimate of drug-likeness (QED) is 0.547. The smallest absolute Gasteiger partial charge is 0.362 e. The standard InChI is InChI=1S/C19H25BCl2N2O/c1-13-5-7-15(11-17(13)21)20(25-19(24-4)9-10-23-3)16-8-6-14(2)18(22)12-16/h5-8,11-12,19,23-24H,9-10H2,1-4H3. The van der Waals surface area contributed by atoms with Gasteiger partial charge >= 0.3 is 6.92 Å². The lowest BCUT2D eigenvalue weighted by molar-refractivity contribution is 0.170. The van der Waals surface area contributed by atoms with E-state index in [-0.39, 0.29) is 13.1 Å². The summed E-state index contributed by atoms with van der Waals surface area (Å²) in [6, 6.07) is 12.1. The van der Waals surface area contributed by atoms with Crippen molar-refractivity contribution >= 4 is 41.0 Å². The van der Waals surface area contributed by atoms with Crippen LogP contribution in [0.1, 0.15) is 17.5 Å². The Morgan fingerprint density at radius 3 is 1.88 bits per heavy atom. The summed E-state index contributed by atoms with van der Waals surface area (Å²) in [4.78, 5) is 0. The van der Waals surface area contributed by atoms with E-state index < -0.39 is 0 Å². The molecule has 2 rings (SSSR count).